The Bertz CT molecular complexity index is 832. The molecule has 0 unspecified atom stereocenters. The lowest BCUT2D eigenvalue weighted by Gasteiger charge is -2.28. The van der Waals surface area contributed by atoms with Crippen LogP contribution in [0.25, 0.3) is 11.3 Å². The van der Waals surface area contributed by atoms with Crippen LogP contribution in [-0.2, 0) is 4.79 Å². The van der Waals surface area contributed by atoms with E-state index in [-0.39, 0.29) is 17.0 Å². The first-order chi connectivity index (χ1) is 11.4. The summed E-state index contributed by atoms with van der Waals surface area (Å²) < 4.78 is 0. The number of aliphatic imine (C=N–C) groups is 1. The number of carbonyl (C=O) groups is 1. The highest BCUT2D eigenvalue weighted by Gasteiger charge is 2.32. The molecule has 124 valence electrons. The van der Waals surface area contributed by atoms with Crippen LogP contribution in [0.4, 0.5) is 5.13 Å². The maximum absolute atomic E-state index is 12.2. The van der Waals surface area contributed by atoms with Crippen LogP contribution in [0, 0.1) is 12.3 Å². The maximum Gasteiger partial charge on any atom is 0.209 e. The van der Waals surface area contributed by atoms with Gasteiger partial charge in [0.25, 0.3) is 0 Å². The number of allylic oxidation sites excluding steroid dienone is 2. The first-order valence-corrected chi connectivity index (χ1v) is 8.70. The third-order valence-corrected chi connectivity index (χ3v) is 4.91. The van der Waals surface area contributed by atoms with Crippen molar-refractivity contribution in [2.45, 2.75) is 33.6 Å². The predicted molar refractivity (Wildman–Crippen MR) is 98.1 cm³/mol. The van der Waals surface area contributed by atoms with Crippen LogP contribution in [0.2, 0.25) is 0 Å². The molecule has 0 amide bonds. The second-order valence-electron chi connectivity index (χ2n) is 6.83. The number of rotatable bonds is 3. The number of aliphatic hydroxyl groups is 1. The van der Waals surface area contributed by atoms with Crippen molar-refractivity contribution in [3.05, 3.63) is 46.5 Å². The normalized spacial score (nSPS) is 17.7. The van der Waals surface area contributed by atoms with E-state index in [1.165, 1.54) is 17.6 Å². The van der Waals surface area contributed by atoms with Crippen LogP contribution < -0.4 is 0 Å². The number of carbonyl (C=O) groups excluding carboxylic acids is 1. The van der Waals surface area contributed by atoms with Gasteiger partial charge in [-0.15, -0.1) is 0 Å². The topological polar surface area (TPSA) is 62.6 Å². The van der Waals surface area contributed by atoms with Crippen molar-refractivity contribution < 1.29 is 9.90 Å². The van der Waals surface area contributed by atoms with E-state index in [1.807, 2.05) is 51.1 Å². The summed E-state index contributed by atoms with van der Waals surface area (Å²) in [5, 5.41) is 10.7. The second kappa shape index (κ2) is 6.32. The largest absolute Gasteiger partial charge is 0.511 e. The summed E-state index contributed by atoms with van der Waals surface area (Å²) in [5.74, 6) is 0.0561. The molecule has 0 saturated heterocycles. The molecular formula is C19H20N2O2S. The van der Waals surface area contributed by atoms with Crippen molar-refractivity contribution >= 4 is 28.5 Å². The minimum atomic E-state index is -0.198. The fourth-order valence-corrected chi connectivity index (χ4v) is 3.65. The highest BCUT2D eigenvalue weighted by Crippen LogP contribution is 2.36. The predicted octanol–water partition coefficient (Wildman–Crippen LogP) is 5.02. The molecule has 1 heterocycles. The van der Waals surface area contributed by atoms with Gasteiger partial charge in [-0.05, 0) is 12.3 Å². The van der Waals surface area contributed by atoms with Crippen LogP contribution in [0.1, 0.15) is 31.6 Å². The minimum absolute atomic E-state index is 0.0657. The molecule has 1 aliphatic rings. The minimum Gasteiger partial charge on any atom is -0.511 e. The van der Waals surface area contributed by atoms with Crippen molar-refractivity contribution in [3.63, 3.8) is 0 Å². The van der Waals surface area contributed by atoms with Gasteiger partial charge in [-0.2, -0.15) is 0 Å². The first-order valence-electron chi connectivity index (χ1n) is 7.88. The zero-order valence-electron chi connectivity index (χ0n) is 14.0. The van der Waals surface area contributed by atoms with Crippen LogP contribution in [-0.4, -0.2) is 22.1 Å². The number of benzene rings is 1. The molecule has 0 atom stereocenters. The van der Waals surface area contributed by atoms with Crippen molar-refractivity contribution in [2.24, 2.45) is 10.4 Å². The molecule has 0 spiro atoms. The molecule has 2 aromatic rings. The Morgan fingerprint density at radius 3 is 2.62 bits per heavy atom. The molecule has 24 heavy (non-hydrogen) atoms. The van der Waals surface area contributed by atoms with Gasteiger partial charge >= 0.3 is 0 Å². The van der Waals surface area contributed by atoms with Crippen molar-refractivity contribution in [3.8, 4) is 11.3 Å². The third-order valence-electron chi connectivity index (χ3n) is 4.03. The molecule has 5 heteroatoms. The molecule has 1 N–H and O–H groups in total. The van der Waals surface area contributed by atoms with E-state index in [4.69, 9.17) is 0 Å². The average Bonchev–Trinajstić information content (AvgIpc) is 2.87. The summed E-state index contributed by atoms with van der Waals surface area (Å²) in [5.41, 5.74) is 2.06. The first kappa shape index (κ1) is 16.6. The van der Waals surface area contributed by atoms with Gasteiger partial charge in [-0.3, -0.25) is 4.79 Å². The van der Waals surface area contributed by atoms with Crippen LogP contribution in [0.3, 0.4) is 0 Å². The summed E-state index contributed by atoms with van der Waals surface area (Å²) in [6, 6.07) is 9.94. The van der Waals surface area contributed by atoms with E-state index in [2.05, 4.69) is 9.98 Å². The molecule has 1 aromatic heterocycles. The van der Waals surface area contributed by atoms with Gasteiger partial charge in [0.15, 0.2) is 5.78 Å². The van der Waals surface area contributed by atoms with E-state index < -0.39 is 0 Å². The van der Waals surface area contributed by atoms with Gasteiger partial charge in [-0.1, -0.05) is 55.5 Å². The van der Waals surface area contributed by atoms with Gasteiger partial charge in [0.2, 0.25) is 5.13 Å². The van der Waals surface area contributed by atoms with E-state index in [9.17, 15) is 9.90 Å². The molecule has 0 radical (unpaired) electrons. The molecule has 0 fully saturated rings. The maximum atomic E-state index is 12.2. The van der Waals surface area contributed by atoms with Gasteiger partial charge in [0.1, 0.15) is 5.76 Å². The van der Waals surface area contributed by atoms with Gasteiger partial charge in [0.05, 0.1) is 11.3 Å². The molecule has 1 aliphatic carbocycles. The molecule has 0 aliphatic heterocycles. The highest BCUT2D eigenvalue weighted by atomic mass is 32.1. The lowest BCUT2D eigenvalue weighted by Crippen LogP contribution is -2.26. The van der Waals surface area contributed by atoms with E-state index >= 15 is 0 Å². The van der Waals surface area contributed by atoms with Crippen LogP contribution >= 0.6 is 11.3 Å². The van der Waals surface area contributed by atoms with E-state index in [1.54, 1.807) is 0 Å². The fraction of sp³-hybridized carbons (Fsp3) is 0.316. The molecule has 3 rings (SSSR count). The lowest BCUT2D eigenvalue weighted by atomic mass is 9.77. The smallest absolute Gasteiger partial charge is 0.209 e. The van der Waals surface area contributed by atoms with Crippen molar-refractivity contribution in [2.75, 3.05) is 0 Å². The Balaban J connectivity index is 1.87. The molecule has 4 nitrogen and oxygen atoms in total. The zero-order valence-corrected chi connectivity index (χ0v) is 14.9. The Morgan fingerprint density at radius 1 is 1.25 bits per heavy atom. The quantitative estimate of drug-likeness (QED) is 0.798. The summed E-state index contributed by atoms with van der Waals surface area (Å²) in [6.07, 6.45) is 2.37. The number of Topliss-reactive ketones (excluding diaryl/α,β-unsaturated/α-hetero) is 1. The Hall–Kier alpha value is -2.27. The standard InChI is InChI=1S/C19H20N2O2S/c1-12-17(13-7-5-4-6-8-13)21-18(24-12)20-11-14-15(22)9-19(2,3)10-16(14)23/h4-8,11,22H,9-10H2,1-3H3/b20-11+. The SMILES string of the molecule is Cc1sc(/N=C/C2=C(O)CC(C)(C)CC2=O)nc1-c1ccccc1. The lowest BCUT2D eigenvalue weighted by molar-refractivity contribution is -0.117. The summed E-state index contributed by atoms with van der Waals surface area (Å²) in [7, 11) is 0. The molecule has 0 saturated carbocycles. The fourth-order valence-electron chi connectivity index (χ4n) is 2.87. The van der Waals surface area contributed by atoms with Gasteiger partial charge < -0.3 is 5.11 Å². The summed E-state index contributed by atoms with van der Waals surface area (Å²) >= 11 is 1.48. The highest BCUT2D eigenvalue weighted by molar-refractivity contribution is 7.15. The third kappa shape index (κ3) is 3.46. The van der Waals surface area contributed by atoms with Crippen molar-refractivity contribution in [1.29, 1.82) is 0 Å². The zero-order chi connectivity index (χ0) is 17.3. The number of aromatic nitrogens is 1. The molecule has 1 aromatic carbocycles. The number of aliphatic hydroxyl groups excluding tert-OH is 1. The van der Waals surface area contributed by atoms with E-state index in [0.717, 1.165) is 16.1 Å². The average molecular weight is 340 g/mol. The monoisotopic (exact) mass is 340 g/mol. The number of thiazole rings is 1. The van der Waals surface area contributed by atoms with E-state index in [0.29, 0.717) is 23.5 Å². The Morgan fingerprint density at radius 2 is 1.96 bits per heavy atom. The van der Waals surface area contributed by atoms with Crippen LogP contribution in [0.5, 0.6) is 0 Å². The number of ketones is 1. The van der Waals surface area contributed by atoms with Gasteiger partial charge in [-0.25, -0.2) is 9.98 Å². The number of hydrogen-bond acceptors (Lipinski definition) is 5. The Kier molecular flexibility index (Phi) is 4.37. The second-order valence-corrected chi connectivity index (χ2v) is 8.01. The number of nitrogens with zero attached hydrogens (tertiary/aromatic N) is 2. The molecule has 0 bridgehead atoms. The summed E-state index contributed by atoms with van der Waals surface area (Å²) in [4.78, 5) is 22.2. The number of aryl methyl sites for hydroxylation is 1. The molecular weight excluding hydrogens is 320 g/mol. The Labute approximate surface area is 145 Å². The van der Waals surface area contributed by atoms with Crippen molar-refractivity contribution in [1.82, 2.24) is 4.98 Å². The number of hydrogen-bond donors (Lipinski definition) is 1. The van der Waals surface area contributed by atoms with Crippen LogP contribution in [0.15, 0.2) is 46.7 Å². The summed E-state index contributed by atoms with van der Waals surface area (Å²) in [6.45, 7) is 5.96. The van der Waals surface area contributed by atoms with Gasteiger partial charge in [0, 0.05) is 29.5 Å².